The van der Waals surface area contributed by atoms with Crippen LogP contribution in [0.2, 0.25) is 10.0 Å². The third-order valence-corrected chi connectivity index (χ3v) is 4.75. The Bertz CT molecular complexity index is 858. The standard InChI is InChI=1S/C20H18Cl2N2O2/c21-15-4-1-3-14(11-15)8-10-20(26)9-2-5-17(12-20)24-19(25)18-7-6-16(22)13-23-18/h1,3-4,6-7,11,13,17,26H,2,5,9,12H2,(H,24,25)/t17-,20?/m1/s1. The first-order valence-electron chi connectivity index (χ1n) is 8.37. The second-order valence-electron chi connectivity index (χ2n) is 6.42. The molecule has 3 rings (SSSR count). The number of halogens is 2. The van der Waals surface area contributed by atoms with Crippen molar-refractivity contribution < 1.29 is 9.90 Å². The Balaban J connectivity index is 1.66. The molecular formula is C20H18Cl2N2O2. The largest absolute Gasteiger partial charge is 0.378 e. The molecule has 1 amide bonds. The monoisotopic (exact) mass is 388 g/mol. The molecule has 1 fully saturated rings. The molecular weight excluding hydrogens is 371 g/mol. The minimum absolute atomic E-state index is 0.160. The van der Waals surface area contributed by atoms with E-state index in [0.717, 1.165) is 18.4 Å². The van der Waals surface area contributed by atoms with Crippen LogP contribution in [0.1, 0.15) is 41.7 Å². The molecule has 1 unspecified atom stereocenters. The van der Waals surface area contributed by atoms with Gasteiger partial charge in [-0.1, -0.05) is 41.1 Å². The number of aromatic nitrogens is 1. The number of hydrogen-bond donors (Lipinski definition) is 2. The SMILES string of the molecule is O=C(N[C@@H]1CCCC(O)(C#Cc2cccc(Cl)c2)C1)c1ccc(Cl)cn1. The molecule has 1 saturated carbocycles. The van der Waals surface area contributed by atoms with Crippen molar-refractivity contribution in [1.29, 1.82) is 0 Å². The van der Waals surface area contributed by atoms with E-state index in [9.17, 15) is 9.90 Å². The van der Waals surface area contributed by atoms with E-state index in [1.165, 1.54) is 6.20 Å². The lowest BCUT2D eigenvalue weighted by Crippen LogP contribution is -2.45. The number of carbonyl (C=O) groups is 1. The topological polar surface area (TPSA) is 62.2 Å². The highest BCUT2D eigenvalue weighted by molar-refractivity contribution is 6.30. The molecule has 0 saturated heterocycles. The quantitative estimate of drug-likeness (QED) is 0.768. The van der Waals surface area contributed by atoms with Crippen LogP contribution in [-0.4, -0.2) is 27.6 Å². The van der Waals surface area contributed by atoms with Crippen LogP contribution in [0.3, 0.4) is 0 Å². The normalized spacial score (nSPS) is 22.2. The van der Waals surface area contributed by atoms with Crippen LogP contribution in [0, 0.1) is 11.8 Å². The summed E-state index contributed by atoms with van der Waals surface area (Å²) in [4.78, 5) is 16.3. The lowest BCUT2D eigenvalue weighted by molar-refractivity contribution is 0.0451. The van der Waals surface area contributed by atoms with Crippen LogP contribution in [0.25, 0.3) is 0 Å². The Hall–Kier alpha value is -2.06. The minimum Gasteiger partial charge on any atom is -0.378 e. The summed E-state index contributed by atoms with van der Waals surface area (Å²) < 4.78 is 0. The molecule has 2 N–H and O–H groups in total. The van der Waals surface area contributed by atoms with Crippen molar-refractivity contribution in [2.75, 3.05) is 0 Å². The van der Waals surface area contributed by atoms with Crippen molar-refractivity contribution in [3.8, 4) is 11.8 Å². The average molecular weight is 389 g/mol. The molecule has 0 aliphatic heterocycles. The number of nitrogens with zero attached hydrogens (tertiary/aromatic N) is 1. The molecule has 4 nitrogen and oxygen atoms in total. The number of aliphatic hydroxyl groups is 1. The fraction of sp³-hybridized carbons (Fsp3) is 0.300. The van der Waals surface area contributed by atoms with Gasteiger partial charge in [-0.3, -0.25) is 4.79 Å². The molecule has 0 radical (unpaired) electrons. The number of rotatable bonds is 2. The average Bonchev–Trinajstić information content (AvgIpc) is 2.61. The number of benzene rings is 1. The molecule has 0 spiro atoms. The van der Waals surface area contributed by atoms with Crippen molar-refractivity contribution >= 4 is 29.1 Å². The molecule has 26 heavy (non-hydrogen) atoms. The molecule has 1 aliphatic rings. The second kappa shape index (κ2) is 8.09. The third kappa shape index (κ3) is 4.98. The Morgan fingerprint density at radius 3 is 2.85 bits per heavy atom. The van der Waals surface area contributed by atoms with E-state index in [2.05, 4.69) is 22.1 Å². The number of nitrogens with one attached hydrogen (secondary N) is 1. The van der Waals surface area contributed by atoms with Crippen LogP contribution in [0.15, 0.2) is 42.6 Å². The zero-order chi connectivity index (χ0) is 18.6. The van der Waals surface area contributed by atoms with Crippen molar-refractivity contribution in [1.82, 2.24) is 10.3 Å². The smallest absolute Gasteiger partial charge is 0.270 e. The van der Waals surface area contributed by atoms with Crippen molar-refractivity contribution in [2.24, 2.45) is 0 Å². The highest BCUT2D eigenvalue weighted by Crippen LogP contribution is 2.28. The van der Waals surface area contributed by atoms with Gasteiger partial charge in [0.2, 0.25) is 0 Å². The zero-order valence-corrected chi connectivity index (χ0v) is 15.5. The first kappa shape index (κ1) is 18.7. The van der Waals surface area contributed by atoms with Crippen molar-refractivity contribution in [3.05, 3.63) is 63.9 Å². The van der Waals surface area contributed by atoms with Crippen LogP contribution >= 0.6 is 23.2 Å². The summed E-state index contributed by atoms with van der Waals surface area (Å²) >= 11 is 11.7. The van der Waals surface area contributed by atoms with Gasteiger partial charge in [-0.2, -0.15) is 0 Å². The molecule has 1 heterocycles. The lowest BCUT2D eigenvalue weighted by atomic mass is 9.82. The Morgan fingerprint density at radius 2 is 2.12 bits per heavy atom. The predicted octanol–water partition coefficient (Wildman–Crippen LogP) is 3.84. The zero-order valence-electron chi connectivity index (χ0n) is 14.0. The van der Waals surface area contributed by atoms with E-state index < -0.39 is 5.60 Å². The van der Waals surface area contributed by atoms with Gasteiger partial charge < -0.3 is 10.4 Å². The van der Waals surface area contributed by atoms with Gasteiger partial charge in [0, 0.05) is 29.2 Å². The van der Waals surface area contributed by atoms with E-state index in [1.807, 2.05) is 12.1 Å². The number of pyridine rings is 1. The molecule has 6 heteroatoms. The maximum Gasteiger partial charge on any atom is 0.270 e. The summed E-state index contributed by atoms with van der Waals surface area (Å²) in [5.41, 5.74) is -0.0812. The highest BCUT2D eigenvalue weighted by atomic mass is 35.5. The van der Waals surface area contributed by atoms with E-state index in [1.54, 1.807) is 24.3 Å². The highest BCUT2D eigenvalue weighted by Gasteiger charge is 2.33. The van der Waals surface area contributed by atoms with Crippen LogP contribution in [-0.2, 0) is 0 Å². The first-order valence-corrected chi connectivity index (χ1v) is 9.13. The van der Waals surface area contributed by atoms with Crippen LogP contribution in [0.4, 0.5) is 0 Å². The van der Waals surface area contributed by atoms with E-state index in [4.69, 9.17) is 23.2 Å². The molecule has 0 bridgehead atoms. The minimum atomic E-state index is -1.13. The van der Waals surface area contributed by atoms with Gasteiger partial charge >= 0.3 is 0 Å². The van der Waals surface area contributed by atoms with E-state index >= 15 is 0 Å². The number of amides is 1. The van der Waals surface area contributed by atoms with Crippen molar-refractivity contribution in [3.63, 3.8) is 0 Å². The Kier molecular flexibility index (Phi) is 5.83. The first-order chi connectivity index (χ1) is 12.4. The summed E-state index contributed by atoms with van der Waals surface area (Å²) in [6.45, 7) is 0. The summed E-state index contributed by atoms with van der Waals surface area (Å²) in [5.74, 6) is 5.66. The van der Waals surface area contributed by atoms with Gasteiger partial charge in [0.1, 0.15) is 11.3 Å². The summed E-state index contributed by atoms with van der Waals surface area (Å²) in [7, 11) is 0. The molecule has 1 aromatic carbocycles. The third-order valence-electron chi connectivity index (χ3n) is 4.29. The fourth-order valence-corrected chi connectivity index (χ4v) is 3.32. The molecule has 2 atom stereocenters. The summed E-state index contributed by atoms with van der Waals surface area (Å²) in [5, 5.41) is 14.8. The van der Waals surface area contributed by atoms with E-state index in [0.29, 0.717) is 28.6 Å². The number of hydrogen-bond acceptors (Lipinski definition) is 3. The fourth-order valence-electron chi connectivity index (χ4n) is 3.01. The Labute approximate surface area is 162 Å². The van der Waals surface area contributed by atoms with Gasteiger partial charge in [0.15, 0.2) is 0 Å². The summed E-state index contributed by atoms with van der Waals surface area (Å²) in [6.07, 6.45) is 3.95. The second-order valence-corrected chi connectivity index (χ2v) is 7.29. The van der Waals surface area contributed by atoms with E-state index in [-0.39, 0.29) is 11.9 Å². The maximum absolute atomic E-state index is 12.3. The Morgan fingerprint density at radius 1 is 1.27 bits per heavy atom. The van der Waals surface area contributed by atoms with Crippen LogP contribution in [0.5, 0.6) is 0 Å². The van der Waals surface area contributed by atoms with Gasteiger partial charge in [-0.05, 0) is 49.6 Å². The van der Waals surface area contributed by atoms with Gasteiger partial charge in [0.25, 0.3) is 5.91 Å². The molecule has 134 valence electrons. The van der Waals surface area contributed by atoms with Gasteiger partial charge in [0.05, 0.1) is 5.02 Å². The molecule has 1 aliphatic carbocycles. The molecule has 2 aromatic rings. The predicted molar refractivity (Wildman–Crippen MR) is 102 cm³/mol. The lowest BCUT2D eigenvalue weighted by Gasteiger charge is -2.33. The maximum atomic E-state index is 12.3. The summed E-state index contributed by atoms with van der Waals surface area (Å²) in [6, 6.07) is 10.2. The van der Waals surface area contributed by atoms with Gasteiger partial charge in [-0.25, -0.2) is 4.98 Å². The van der Waals surface area contributed by atoms with Crippen molar-refractivity contribution in [2.45, 2.75) is 37.3 Å². The number of carbonyl (C=O) groups excluding carboxylic acids is 1. The molecule has 1 aromatic heterocycles. The van der Waals surface area contributed by atoms with Gasteiger partial charge in [-0.15, -0.1) is 0 Å². The van der Waals surface area contributed by atoms with Crippen LogP contribution < -0.4 is 5.32 Å².